The third kappa shape index (κ3) is 2.91. The highest BCUT2D eigenvalue weighted by molar-refractivity contribution is 5.75. The molecule has 0 aliphatic carbocycles. The summed E-state index contributed by atoms with van der Waals surface area (Å²) in [6.07, 6.45) is 0.615. The fraction of sp³-hybridized carbons (Fsp3) is 0.0714. The zero-order valence-electron chi connectivity index (χ0n) is 9.40. The topological polar surface area (TPSA) is 26.3 Å². The summed E-state index contributed by atoms with van der Waals surface area (Å²) in [7, 11) is 0. The lowest BCUT2D eigenvalue weighted by molar-refractivity contribution is 0.112. The summed E-state index contributed by atoms with van der Waals surface area (Å²) >= 11 is 0. The molecule has 0 aromatic heterocycles. The van der Waals surface area contributed by atoms with Crippen molar-refractivity contribution in [3.8, 4) is 5.75 Å². The molecule has 0 aliphatic rings. The molecule has 0 saturated carbocycles. The second-order valence-corrected chi connectivity index (χ2v) is 3.72. The van der Waals surface area contributed by atoms with E-state index in [0.717, 1.165) is 0 Å². The molecule has 2 nitrogen and oxygen atoms in total. The molecular weight excluding hydrogens is 238 g/mol. The van der Waals surface area contributed by atoms with Crippen LogP contribution in [-0.2, 0) is 6.61 Å². The number of rotatable bonds is 4. The second kappa shape index (κ2) is 5.40. The minimum atomic E-state index is -0.539. The molecule has 0 aliphatic heterocycles. The van der Waals surface area contributed by atoms with Crippen LogP contribution in [0, 0.1) is 11.6 Å². The molecule has 4 heteroatoms. The molecule has 0 spiro atoms. The van der Waals surface area contributed by atoms with Crippen LogP contribution >= 0.6 is 0 Å². The number of halogens is 2. The van der Waals surface area contributed by atoms with Gasteiger partial charge in [0.25, 0.3) is 0 Å². The first kappa shape index (κ1) is 12.2. The average Bonchev–Trinajstić information content (AvgIpc) is 2.40. The highest BCUT2D eigenvalue weighted by atomic mass is 19.1. The summed E-state index contributed by atoms with van der Waals surface area (Å²) in [6, 6.07) is 9.57. The van der Waals surface area contributed by atoms with Gasteiger partial charge in [0.1, 0.15) is 18.7 Å². The quantitative estimate of drug-likeness (QED) is 0.775. The van der Waals surface area contributed by atoms with E-state index in [1.807, 2.05) is 0 Å². The van der Waals surface area contributed by atoms with Gasteiger partial charge in [-0.25, -0.2) is 8.78 Å². The molecule has 0 heterocycles. The molecule has 18 heavy (non-hydrogen) atoms. The van der Waals surface area contributed by atoms with E-state index < -0.39 is 5.82 Å². The fourth-order valence-corrected chi connectivity index (χ4v) is 1.45. The number of benzene rings is 2. The van der Waals surface area contributed by atoms with Crippen molar-refractivity contribution < 1.29 is 18.3 Å². The zero-order valence-corrected chi connectivity index (χ0v) is 9.40. The van der Waals surface area contributed by atoms with Crippen molar-refractivity contribution in [2.24, 2.45) is 0 Å². The van der Waals surface area contributed by atoms with Crippen LogP contribution in [0.4, 0.5) is 8.78 Å². The molecule has 0 saturated heterocycles. The Hall–Kier alpha value is -2.23. The Morgan fingerprint density at radius 3 is 2.44 bits per heavy atom. The summed E-state index contributed by atoms with van der Waals surface area (Å²) in [5.74, 6) is -0.875. The van der Waals surface area contributed by atoms with Gasteiger partial charge in [0, 0.05) is 5.56 Å². The van der Waals surface area contributed by atoms with Gasteiger partial charge >= 0.3 is 0 Å². The van der Waals surface area contributed by atoms with Gasteiger partial charge in [-0.3, -0.25) is 4.79 Å². The molecular formula is C14H10F2O2. The van der Waals surface area contributed by atoms with Crippen molar-refractivity contribution in [1.82, 2.24) is 0 Å². The van der Waals surface area contributed by atoms with Crippen LogP contribution in [0.15, 0.2) is 42.5 Å². The molecule has 0 amide bonds. The highest BCUT2D eigenvalue weighted by Crippen LogP contribution is 2.19. The van der Waals surface area contributed by atoms with Crippen LogP contribution in [0.2, 0.25) is 0 Å². The molecule has 0 bridgehead atoms. The predicted octanol–water partition coefficient (Wildman–Crippen LogP) is 3.36. The van der Waals surface area contributed by atoms with Gasteiger partial charge in [0.2, 0.25) is 0 Å². The number of hydrogen-bond acceptors (Lipinski definition) is 2. The van der Waals surface area contributed by atoms with E-state index in [-0.39, 0.29) is 18.2 Å². The Morgan fingerprint density at radius 2 is 1.78 bits per heavy atom. The molecule has 0 fully saturated rings. The van der Waals surface area contributed by atoms with Crippen LogP contribution in [-0.4, -0.2) is 6.29 Å². The van der Waals surface area contributed by atoms with Crippen LogP contribution in [0.5, 0.6) is 5.75 Å². The lowest BCUT2D eigenvalue weighted by Crippen LogP contribution is -1.98. The van der Waals surface area contributed by atoms with Gasteiger partial charge in [-0.15, -0.1) is 0 Å². The van der Waals surface area contributed by atoms with E-state index in [0.29, 0.717) is 17.4 Å². The molecule has 0 radical (unpaired) electrons. The third-order valence-electron chi connectivity index (χ3n) is 2.40. The maximum atomic E-state index is 13.4. The normalized spacial score (nSPS) is 10.1. The van der Waals surface area contributed by atoms with Gasteiger partial charge < -0.3 is 4.74 Å². The summed E-state index contributed by atoms with van der Waals surface area (Å²) < 4.78 is 31.3. The van der Waals surface area contributed by atoms with E-state index in [1.54, 1.807) is 12.1 Å². The maximum Gasteiger partial charge on any atom is 0.165 e. The Morgan fingerprint density at radius 1 is 1.06 bits per heavy atom. The number of aldehydes is 1. The Balaban J connectivity index is 2.10. The number of carbonyl (C=O) groups excluding carboxylic acids is 1. The predicted molar refractivity (Wildman–Crippen MR) is 62.5 cm³/mol. The van der Waals surface area contributed by atoms with Crippen molar-refractivity contribution in [3.63, 3.8) is 0 Å². The monoisotopic (exact) mass is 248 g/mol. The van der Waals surface area contributed by atoms with Gasteiger partial charge in [0.15, 0.2) is 11.6 Å². The van der Waals surface area contributed by atoms with Crippen molar-refractivity contribution >= 4 is 6.29 Å². The smallest absolute Gasteiger partial charge is 0.165 e. The third-order valence-corrected chi connectivity index (χ3v) is 2.40. The van der Waals surface area contributed by atoms with Crippen LogP contribution < -0.4 is 4.74 Å². The number of ether oxygens (including phenoxy) is 1. The van der Waals surface area contributed by atoms with Crippen molar-refractivity contribution in [2.75, 3.05) is 0 Å². The van der Waals surface area contributed by atoms with Crippen molar-refractivity contribution in [2.45, 2.75) is 6.61 Å². The van der Waals surface area contributed by atoms with Gasteiger partial charge in [0.05, 0.1) is 0 Å². The summed E-state index contributed by atoms with van der Waals surface area (Å²) in [5, 5.41) is 0. The first-order valence-corrected chi connectivity index (χ1v) is 5.31. The van der Waals surface area contributed by atoms with E-state index in [9.17, 15) is 13.6 Å². The van der Waals surface area contributed by atoms with Crippen LogP contribution in [0.3, 0.4) is 0 Å². The van der Waals surface area contributed by atoms with E-state index in [4.69, 9.17) is 4.74 Å². The largest absolute Gasteiger partial charge is 0.486 e. The lowest BCUT2D eigenvalue weighted by atomic mass is 10.2. The summed E-state index contributed by atoms with van der Waals surface area (Å²) in [5.41, 5.74) is 1.05. The molecule has 0 atom stereocenters. The molecule has 2 aromatic carbocycles. The second-order valence-electron chi connectivity index (χ2n) is 3.72. The molecule has 2 aromatic rings. The first-order chi connectivity index (χ1) is 8.69. The van der Waals surface area contributed by atoms with Crippen LogP contribution in [0.25, 0.3) is 0 Å². The zero-order chi connectivity index (χ0) is 13.0. The molecule has 0 unspecified atom stereocenters. The molecule has 0 N–H and O–H groups in total. The van der Waals surface area contributed by atoms with Crippen molar-refractivity contribution in [3.05, 3.63) is 65.2 Å². The number of carbonyl (C=O) groups is 1. The first-order valence-electron chi connectivity index (χ1n) is 5.31. The minimum absolute atomic E-state index is 0.00363. The highest BCUT2D eigenvalue weighted by Gasteiger charge is 2.05. The van der Waals surface area contributed by atoms with Gasteiger partial charge in [-0.05, 0) is 35.9 Å². The SMILES string of the molecule is O=Cc1ccc(F)c(OCc2ccc(F)cc2)c1. The summed E-state index contributed by atoms with van der Waals surface area (Å²) in [6.45, 7) is 0.111. The summed E-state index contributed by atoms with van der Waals surface area (Å²) in [4.78, 5) is 10.6. The van der Waals surface area contributed by atoms with E-state index in [1.165, 1.54) is 30.3 Å². The van der Waals surface area contributed by atoms with Gasteiger partial charge in [-0.2, -0.15) is 0 Å². The number of hydrogen-bond donors (Lipinski definition) is 0. The van der Waals surface area contributed by atoms with Crippen LogP contribution in [0.1, 0.15) is 15.9 Å². The molecule has 2 rings (SSSR count). The Bertz CT molecular complexity index is 550. The Kier molecular flexibility index (Phi) is 3.67. The maximum absolute atomic E-state index is 13.4. The van der Waals surface area contributed by atoms with E-state index >= 15 is 0 Å². The van der Waals surface area contributed by atoms with E-state index in [2.05, 4.69) is 0 Å². The molecule has 92 valence electrons. The van der Waals surface area contributed by atoms with Crippen molar-refractivity contribution in [1.29, 1.82) is 0 Å². The minimum Gasteiger partial charge on any atom is -0.486 e. The van der Waals surface area contributed by atoms with Gasteiger partial charge in [-0.1, -0.05) is 12.1 Å². The Labute approximate surface area is 103 Å². The fourth-order valence-electron chi connectivity index (χ4n) is 1.45. The standard InChI is InChI=1S/C14H10F2O2/c15-12-4-1-10(2-5-12)9-18-14-7-11(8-17)3-6-13(14)16/h1-8H,9H2. The lowest BCUT2D eigenvalue weighted by Gasteiger charge is -2.07. The average molecular weight is 248 g/mol.